The van der Waals surface area contributed by atoms with E-state index in [4.69, 9.17) is 4.74 Å². The molecule has 184 valence electrons. The lowest BCUT2D eigenvalue weighted by atomic mass is 10.0. The Kier molecular flexibility index (Phi) is 8.55. The number of sulfonamides is 1. The fraction of sp³-hybridized carbons (Fsp3) is 0.480. The molecule has 0 aliphatic carbocycles. The molecule has 2 aromatic carbocycles. The summed E-state index contributed by atoms with van der Waals surface area (Å²) in [5.74, 6) is 0. The monoisotopic (exact) mass is 486 g/mol. The molecule has 34 heavy (non-hydrogen) atoms. The third kappa shape index (κ3) is 6.56. The third-order valence-corrected chi connectivity index (χ3v) is 8.37. The third-order valence-electron chi connectivity index (χ3n) is 6.46. The number of hydrogen-bond acceptors (Lipinski definition) is 5. The molecule has 2 aliphatic rings. The average molecular weight is 487 g/mol. The number of carbonyl (C=O) groups is 1. The van der Waals surface area contributed by atoms with Gasteiger partial charge in [-0.3, -0.25) is 4.90 Å². The Bertz CT molecular complexity index is 1020. The van der Waals surface area contributed by atoms with Crippen LogP contribution in [-0.4, -0.2) is 69.1 Å². The van der Waals surface area contributed by atoms with Crippen molar-refractivity contribution in [2.45, 2.75) is 43.3 Å². The van der Waals surface area contributed by atoms with E-state index in [1.807, 2.05) is 6.07 Å². The molecule has 2 heterocycles. The van der Waals surface area contributed by atoms with E-state index in [9.17, 15) is 13.2 Å². The van der Waals surface area contributed by atoms with Crippen molar-refractivity contribution in [3.8, 4) is 0 Å². The second-order valence-electron chi connectivity index (χ2n) is 8.83. The Hall–Kier alpha value is -2.46. The number of morpholine rings is 1. The van der Waals surface area contributed by atoms with Crippen LogP contribution in [0.3, 0.4) is 0 Å². The number of nitrogens with one attached hydrogen (secondary N) is 2. The molecule has 2 saturated heterocycles. The first-order valence-electron chi connectivity index (χ1n) is 12.0. The summed E-state index contributed by atoms with van der Waals surface area (Å²) < 4.78 is 32.1. The molecule has 8 nitrogen and oxygen atoms in total. The molecule has 4 rings (SSSR count). The van der Waals surface area contributed by atoms with Crippen molar-refractivity contribution in [1.82, 2.24) is 19.8 Å². The lowest BCUT2D eigenvalue weighted by molar-refractivity contribution is 0.0730. The number of nitrogens with zero attached hydrogens (tertiary/aromatic N) is 2. The Morgan fingerprint density at radius 2 is 1.65 bits per heavy atom. The summed E-state index contributed by atoms with van der Waals surface area (Å²) >= 11 is 0. The lowest BCUT2D eigenvalue weighted by Crippen LogP contribution is -2.48. The Balaban J connectivity index is 1.24. The van der Waals surface area contributed by atoms with Gasteiger partial charge in [-0.2, -0.15) is 4.31 Å². The van der Waals surface area contributed by atoms with Crippen molar-refractivity contribution < 1.29 is 17.9 Å². The van der Waals surface area contributed by atoms with E-state index >= 15 is 0 Å². The smallest absolute Gasteiger partial charge is 0.315 e. The summed E-state index contributed by atoms with van der Waals surface area (Å²) in [5, 5.41) is 5.89. The van der Waals surface area contributed by atoms with Crippen LogP contribution < -0.4 is 10.6 Å². The van der Waals surface area contributed by atoms with E-state index in [-0.39, 0.29) is 10.9 Å². The molecular formula is C25H34N4O4S. The molecule has 2 fully saturated rings. The van der Waals surface area contributed by atoms with E-state index in [2.05, 4.69) is 39.8 Å². The summed E-state index contributed by atoms with van der Waals surface area (Å²) in [6.07, 6.45) is 3.44. The molecule has 9 heteroatoms. The molecule has 1 unspecified atom stereocenters. The number of amides is 2. The minimum atomic E-state index is -3.51. The van der Waals surface area contributed by atoms with Crippen LogP contribution in [0, 0.1) is 0 Å². The maximum atomic E-state index is 12.7. The number of ether oxygens (including phenoxy) is 1. The van der Waals surface area contributed by atoms with Gasteiger partial charge in [0.05, 0.1) is 18.1 Å². The van der Waals surface area contributed by atoms with Crippen LogP contribution in [-0.2, 0) is 27.8 Å². The number of carbonyl (C=O) groups excluding carboxylic acids is 1. The van der Waals surface area contributed by atoms with Gasteiger partial charge in [-0.15, -0.1) is 0 Å². The molecular weight excluding hydrogens is 452 g/mol. The minimum Gasteiger partial charge on any atom is -0.379 e. The van der Waals surface area contributed by atoms with Gasteiger partial charge in [0.25, 0.3) is 0 Å². The SMILES string of the molecule is O=C(NCc1ccc(S(=O)(=O)N2CCOCC2)cc1)NCC1CCCCN1Cc1ccccc1. The zero-order chi connectivity index (χ0) is 23.8. The zero-order valence-electron chi connectivity index (χ0n) is 19.5. The highest BCUT2D eigenvalue weighted by Crippen LogP contribution is 2.20. The first kappa shape index (κ1) is 24.7. The summed E-state index contributed by atoms with van der Waals surface area (Å²) in [7, 11) is -3.51. The second-order valence-corrected chi connectivity index (χ2v) is 10.8. The largest absolute Gasteiger partial charge is 0.379 e. The molecule has 0 radical (unpaired) electrons. The van der Waals surface area contributed by atoms with E-state index in [0.717, 1.165) is 25.1 Å². The highest BCUT2D eigenvalue weighted by molar-refractivity contribution is 7.89. The quantitative estimate of drug-likeness (QED) is 0.599. The van der Waals surface area contributed by atoms with Gasteiger partial charge < -0.3 is 15.4 Å². The number of piperidine rings is 1. The maximum Gasteiger partial charge on any atom is 0.315 e. The van der Waals surface area contributed by atoms with Gasteiger partial charge in [-0.05, 0) is 42.6 Å². The minimum absolute atomic E-state index is 0.213. The van der Waals surface area contributed by atoms with E-state index < -0.39 is 10.0 Å². The summed E-state index contributed by atoms with van der Waals surface area (Å²) in [4.78, 5) is 15.1. The predicted molar refractivity (Wildman–Crippen MR) is 131 cm³/mol. The summed E-state index contributed by atoms with van der Waals surface area (Å²) in [5.41, 5.74) is 2.14. The van der Waals surface area contributed by atoms with Crippen LogP contribution in [0.1, 0.15) is 30.4 Å². The number of benzene rings is 2. The predicted octanol–water partition coefficient (Wildman–Crippen LogP) is 2.56. The maximum absolute atomic E-state index is 12.7. The number of urea groups is 1. The van der Waals surface area contributed by atoms with Gasteiger partial charge in [0.1, 0.15) is 0 Å². The lowest BCUT2D eigenvalue weighted by Gasteiger charge is -2.35. The average Bonchev–Trinajstić information content (AvgIpc) is 2.88. The summed E-state index contributed by atoms with van der Waals surface area (Å²) in [6, 6.07) is 17.2. The summed E-state index contributed by atoms with van der Waals surface area (Å²) in [6.45, 7) is 4.46. The van der Waals surface area contributed by atoms with Crippen LogP contribution in [0.15, 0.2) is 59.5 Å². The number of hydrogen-bond donors (Lipinski definition) is 2. The van der Waals surface area contributed by atoms with Crippen LogP contribution in [0.25, 0.3) is 0 Å². The van der Waals surface area contributed by atoms with Gasteiger partial charge in [-0.25, -0.2) is 13.2 Å². The first-order chi connectivity index (χ1) is 16.5. The van der Waals surface area contributed by atoms with Crippen LogP contribution in [0.2, 0.25) is 0 Å². The van der Waals surface area contributed by atoms with E-state index in [0.29, 0.717) is 45.4 Å². The van der Waals surface area contributed by atoms with Gasteiger partial charge in [0.15, 0.2) is 0 Å². The van der Waals surface area contributed by atoms with Crippen molar-refractivity contribution in [2.24, 2.45) is 0 Å². The van der Waals surface area contributed by atoms with Crippen LogP contribution >= 0.6 is 0 Å². The first-order valence-corrected chi connectivity index (χ1v) is 13.4. The van der Waals surface area contributed by atoms with Crippen molar-refractivity contribution in [3.63, 3.8) is 0 Å². The van der Waals surface area contributed by atoms with Crippen LogP contribution in [0.4, 0.5) is 4.79 Å². The van der Waals surface area contributed by atoms with Crippen molar-refractivity contribution >= 4 is 16.1 Å². The molecule has 0 aromatic heterocycles. The van der Waals surface area contributed by atoms with Gasteiger partial charge in [0, 0.05) is 38.8 Å². The Morgan fingerprint density at radius 3 is 2.38 bits per heavy atom. The Morgan fingerprint density at radius 1 is 0.912 bits per heavy atom. The highest BCUT2D eigenvalue weighted by atomic mass is 32.2. The molecule has 2 aliphatic heterocycles. The number of rotatable bonds is 8. The van der Waals surface area contributed by atoms with Gasteiger partial charge in [-0.1, -0.05) is 48.9 Å². The normalized spacial score (nSPS) is 20.1. The fourth-order valence-electron chi connectivity index (χ4n) is 4.49. The van der Waals surface area contributed by atoms with E-state index in [1.165, 1.54) is 22.7 Å². The Labute approximate surface area is 202 Å². The molecule has 0 saturated carbocycles. The fourth-order valence-corrected chi connectivity index (χ4v) is 5.90. The molecule has 2 amide bonds. The highest BCUT2D eigenvalue weighted by Gasteiger charge is 2.26. The van der Waals surface area contributed by atoms with Gasteiger partial charge in [0.2, 0.25) is 10.0 Å². The molecule has 2 N–H and O–H groups in total. The van der Waals surface area contributed by atoms with Crippen LogP contribution in [0.5, 0.6) is 0 Å². The zero-order valence-corrected chi connectivity index (χ0v) is 20.3. The van der Waals surface area contributed by atoms with Crippen molar-refractivity contribution in [3.05, 3.63) is 65.7 Å². The van der Waals surface area contributed by atoms with Gasteiger partial charge >= 0.3 is 6.03 Å². The second kappa shape index (κ2) is 11.8. The number of likely N-dealkylation sites (tertiary alicyclic amines) is 1. The molecule has 0 spiro atoms. The molecule has 1 atom stereocenters. The van der Waals surface area contributed by atoms with E-state index in [1.54, 1.807) is 24.3 Å². The van der Waals surface area contributed by atoms with Crippen molar-refractivity contribution in [2.75, 3.05) is 39.4 Å². The topological polar surface area (TPSA) is 91.0 Å². The van der Waals surface area contributed by atoms with Crippen molar-refractivity contribution in [1.29, 1.82) is 0 Å². The molecule has 2 aromatic rings. The standard InChI is InChI=1S/C25H34N4O4S/c30-25(27-19-23-8-4-5-13-28(23)20-22-6-2-1-3-7-22)26-18-21-9-11-24(12-10-21)34(31,32)29-14-16-33-17-15-29/h1-3,6-7,9-12,23H,4-5,8,13-20H2,(H2,26,27,30). The molecule has 0 bridgehead atoms.